The average molecular weight is 377 g/mol. The molecular weight excluding hydrogens is 356 g/mol. The van der Waals surface area contributed by atoms with Crippen molar-refractivity contribution >= 4 is 11.4 Å². The van der Waals surface area contributed by atoms with Crippen LogP contribution in [0.15, 0.2) is 42.5 Å². The number of nitro groups is 1. The van der Waals surface area contributed by atoms with Crippen molar-refractivity contribution in [3.05, 3.63) is 69.8 Å². The smallest absolute Gasteiger partial charge is 0.275 e. The first-order valence-electron chi connectivity index (χ1n) is 8.61. The normalized spacial score (nSPS) is 20.0. The minimum Gasteiger partial charge on any atom is -0.387 e. The van der Waals surface area contributed by atoms with Gasteiger partial charge in [-0.15, -0.1) is 0 Å². The number of hydrogen-bond donors (Lipinski definition) is 1. The predicted octanol–water partition coefficient (Wildman–Crippen LogP) is 2.95. The Bertz CT molecular complexity index is 811. The zero-order chi connectivity index (χ0) is 19.6. The highest BCUT2D eigenvalue weighted by atomic mass is 19.1. The molecule has 0 aromatic heterocycles. The summed E-state index contributed by atoms with van der Waals surface area (Å²) in [5.41, 5.74) is -1.02. The monoisotopic (exact) mass is 377 g/mol. The lowest BCUT2D eigenvalue weighted by molar-refractivity contribution is -0.385. The molecule has 1 saturated heterocycles. The molecular formula is C19H21F2N3O3. The van der Waals surface area contributed by atoms with Gasteiger partial charge >= 0.3 is 0 Å². The molecule has 3 rings (SSSR count). The van der Waals surface area contributed by atoms with Crippen molar-refractivity contribution in [3.63, 3.8) is 0 Å². The average Bonchev–Trinajstić information content (AvgIpc) is 2.95. The molecule has 6 nitrogen and oxygen atoms in total. The van der Waals surface area contributed by atoms with Crippen molar-refractivity contribution in [2.24, 2.45) is 0 Å². The van der Waals surface area contributed by atoms with E-state index >= 15 is 0 Å². The fourth-order valence-electron chi connectivity index (χ4n) is 3.59. The second-order valence-electron chi connectivity index (χ2n) is 7.04. The molecule has 1 unspecified atom stereocenters. The standard InChI is InChI=1S/C19H21F2N3O3/c1-22(18-16(20)9-15(24(26)27)10-17(18)21)12-19(25)7-8-23(13-19)11-14-5-3-2-4-6-14/h2-6,9-10,25H,7-8,11-13H2,1H3. The van der Waals surface area contributed by atoms with Crippen molar-refractivity contribution in [1.82, 2.24) is 4.90 Å². The number of halogens is 2. The quantitative estimate of drug-likeness (QED) is 0.619. The van der Waals surface area contributed by atoms with Gasteiger partial charge in [0, 0.05) is 33.2 Å². The molecule has 0 radical (unpaired) electrons. The summed E-state index contributed by atoms with van der Waals surface area (Å²) in [7, 11) is 1.46. The van der Waals surface area contributed by atoms with E-state index in [1.165, 1.54) is 11.9 Å². The third-order valence-electron chi connectivity index (χ3n) is 4.79. The van der Waals surface area contributed by atoms with Crippen molar-refractivity contribution in [1.29, 1.82) is 0 Å². The molecule has 144 valence electrons. The van der Waals surface area contributed by atoms with E-state index in [1.54, 1.807) is 0 Å². The summed E-state index contributed by atoms with van der Waals surface area (Å²) in [5.74, 6) is -2.04. The molecule has 1 aliphatic rings. The Morgan fingerprint density at radius 1 is 1.26 bits per heavy atom. The Hall–Kier alpha value is -2.58. The number of benzene rings is 2. The summed E-state index contributed by atoms with van der Waals surface area (Å²) >= 11 is 0. The molecule has 1 N–H and O–H groups in total. The zero-order valence-electron chi connectivity index (χ0n) is 14.9. The highest BCUT2D eigenvalue weighted by Gasteiger charge is 2.38. The molecule has 1 aliphatic heterocycles. The highest BCUT2D eigenvalue weighted by Crippen LogP contribution is 2.30. The van der Waals surface area contributed by atoms with Gasteiger partial charge in [0.1, 0.15) is 5.69 Å². The van der Waals surface area contributed by atoms with E-state index in [-0.39, 0.29) is 12.2 Å². The summed E-state index contributed by atoms with van der Waals surface area (Å²) in [6.07, 6.45) is 0.473. The lowest BCUT2D eigenvalue weighted by Crippen LogP contribution is -2.44. The summed E-state index contributed by atoms with van der Waals surface area (Å²) in [4.78, 5) is 13.2. The number of anilines is 1. The summed E-state index contributed by atoms with van der Waals surface area (Å²) in [5, 5.41) is 21.6. The van der Waals surface area contributed by atoms with Crippen LogP contribution in [0.3, 0.4) is 0 Å². The van der Waals surface area contributed by atoms with E-state index in [9.17, 15) is 24.0 Å². The van der Waals surface area contributed by atoms with Gasteiger partial charge in [0.2, 0.25) is 0 Å². The third kappa shape index (κ3) is 4.40. The van der Waals surface area contributed by atoms with Crippen LogP contribution in [0.1, 0.15) is 12.0 Å². The number of likely N-dealkylation sites (tertiary alicyclic amines) is 1. The first-order valence-corrected chi connectivity index (χ1v) is 8.61. The van der Waals surface area contributed by atoms with E-state index in [0.717, 1.165) is 5.56 Å². The second kappa shape index (κ2) is 7.58. The maximum absolute atomic E-state index is 14.2. The van der Waals surface area contributed by atoms with Gasteiger partial charge in [0.25, 0.3) is 5.69 Å². The molecule has 0 amide bonds. The van der Waals surface area contributed by atoms with E-state index < -0.39 is 27.8 Å². The number of likely N-dealkylation sites (N-methyl/N-ethyl adjacent to an activating group) is 1. The van der Waals surface area contributed by atoms with Gasteiger partial charge in [-0.2, -0.15) is 0 Å². The van der Waals surface area contributed by atoms with Crippen LogP contribution < -0.4 is 4.90 Å². The Balaban J connectivity index is 1.69. The van der Waals surface area contributed by atoms with Crippen LogP contribution in [-0.2, 0) is 6.54 Å². The predicted molar refractivity (Wildman–Crippen MR) is 97.6 cm³/mol. The molecule has 1 heterocycles. The summed E-state index contributed by atoms with van der Waals surface area (Å²) in [6.45, 7) is 1.75. The molecule has 0 bridgehead atoms. The van der Waals surface area contributed by atoms with E-state index in [2.05, 4.69) is 4.90 Å². The molecule has 0 saturated carbocycles. The van der Waals surface area contributed by atoms with Crippen LogP contribution in [0, 0.1) is 21.7 Å². The maximum atomic E-state index is 14.2. The van der Waals surface area contributed by atoms with Crippen LogP contribution in [0.5, 0.6) is 0 Å². The SMILES string of the molecule is CN(CC1(O)CCN(Cc2ccccc2)C1)c1c(F)cc([N+](=O)[O-])cc1F. The molecule has 2 aromatic carbocycles. The molecule has 2 aromatic rings. The zero-order valence-corrected chi connectivity index (χ0v) is 14.9. The van der Waals surface area contributed by atoms with Crippen LogP contribution in [-0.4, -0.2) is 47.2 Å². The van der Waals surface area contributed by atoms with Gasteiger partial charge in [-0.3, -0.25) is 15.0 Å². The van der Waals surface area contributed by atoms with Gasteiger partial charge in [-0.25, -0.2) is 8.78 Å². The molecule has 0 spiro atoms. The Kier molecular flexibility index (Phi) is 5.38. The molecule has 8 heteroatoms. The lowest BCUT2D eigenvalue weighted by Gasteiger charge is -2.30. The number of nitrogens with zero attached hydrogens (tertiary/aromatic N) is 3. The van der Waals surface area contributed by atoms with Gasteiger partial charge in [-0.05, 0) is 12.0 Å². The Labute approximate surface area is 155 Å². The summed E-state index contributed by atoms with van der Waals surface area (Å²) in [6, 6.07) is 11.2. The van der Waals surface area contributed by atoms with Gasteiger partial charge in [0.05, 0.1) is 22.7 Å². The minimum absolute atomic E-state index is 0.0178. The van der Waals surface area contributed by atoms with E-state index in [1.807, 2.05) is 30.3 Å². The highest BCUT2D eigenvalue weighted by molar-refractivity contribution is 5.53. The van der Waals surface area contributed by atoms with Crippen LogP contribution >= 0.6 is 0 Å². The second-order valence-corrected chi connectivity index (χ2v) is 7.04. The number of non-ortho nitro benzene ring substituents is 1. The van der Waals surface area contributed by atoms with E-state index in [0.29, 0.717) is 38.2 Å². The van der Waals surface area contributed by atoms with Crippen LogP contribution in [0.2, 0.25) is 0 Å². The summed E-state index contributed by atoms with van der Waals surface area (Å²) < 4.78 is 28.4. The fraction of sp³-hybridized carbons (Fsp3) is 0.368. The first kappa shape index (κ1) is 19.2. The van der Waals surface area contributed by atoms with Gasteiger partial charge in [0.15, 0.2) is 11.6 Å². The number of aliphatic hydroxyl groups is 1. The topological polar surface area (TPSA) is 69.8 Å². The maximum Gasteiger partial charge on any atom is 0.275 e. The molecule has 1 atom stereocenters. The largest absolute Gasteiger partial charge is 0.387 e. The Morgan fingerprint density at radius 3 is 2.48 bits per heavy atom. The lowest BCUT2D eigenvalue weighted by atomic mass is 10.0. The number of nitro benzene ring substituents is 1. The minimum atomic E-state index is -1.12. The number of rotatable bonds is 6. The number of β-amino-alcohol motifs (C(OH)–C–C–N with tert-alkyl or cyclic N) is 1. The van der Waals surface area contributed by atoms with Crippen LogP contribution in [0.25, 0.3) is 0 Å². The van der Waals surface area contributed by atoms with Crippen molar-refractivity contribution < 1.29 is 18.8 Å². The van der Waals surface area contributed by atoms with Crippen molar-refractivity contribution in [2.75, 3.05) is 31.6 Å². The van der Waals surface area contributed by atoms with Crippen LogP contribution in [0.4, 0.5) is 20.2 Å². The first-order chi connectivity index (χ1) is 12.8. The van der Waals surface area contributed by atoms with Gasteiger partial charge < -0.3 is 10.0 Å². The van der Waals surface area contributed by atoms with Gasteiger partial charge in [-0.1, -0.05) is 30.3 Å². The molecule has 27 heavy (non-hydrogen) atoms. The molecule has 1 fully saturated rings. The molecule has 0 aliphatic carbocycles. The fourth-order valence-corrected chi connectivity index (χ4v) is 3.59. The third-order valence-corrected chi connectivity index (χ3v) is 4.79. The van der Waals surface area contributed by atoms with Crippen molar-refractivity contribution in [3.8, 4) is 0 Å². The van der Waals surface area contributed by atoms with Crippen molar-refractivity contribution in [2.45, 2.75) is 18.6 Å². The Morgan fingerprint density at radius 2 is 1.89 bits per heavy atom. The van der Waals surface area contributed by atoms with E-state index in [4.69, 9.17) is 0 Å². The number of hydrogen-bond acceptors (Lipinski definition) is 5.